The Morgan fingerprint density at radius 2 is 2.16 bits per heavy atom. The van der Waals surface area contributed by atoms with Gasteiger partial charge in [-0.15, -0.1) is 11.3 Å². The van der Waals surface area contributed by atoms with Crippen molar-refractivity contribution in [2.45, 2.75) is 25.3 Å². The Kier molecular flexibility index (Phi) is 5.08. The fraction of sp³-hybridized carbons (Fsp3) is 0.333. The topological polar surface area (TPSA) is 48.7 Å². The number of nitrogens with one attached hydrogen (secondary N) is 1. The maximum atomic E-state index is 9.29. The van der Waals surface area contributed by atoms with Gasteiger partial charge in [0.25, 0.3) is 0 Å². The molecule has 2 atom stereocenters. The van der Waals surface area contributed by atoms with E-state index in [1.165, 1.54) is 0 Å². The summed E-state index contributed by atoms with van der Waals surface area (Å²) < 4.78 is 0. The van der Waals surface area contributed by atoms with E-state index in [1.54, 1.807) is 11.3 Å². The van der Waals surface area contributed by atoms with E-state index in [-0.39, 0.29) is 12.0 Å². The standard InChI is InChI=1S/C15H17N3S/c1-2-14(15-17-8-9-19-15)18-11-13(10-16)12-6-4-3-5-7-12/h3-9,13-14,18H,2,11H2,1H3. The first-order valence-corrected chi connectivity index (χ1v) is 7.30. The molecule has 2 unspecified atom stereocenters. The minimum absolute atomic E-state index is 0.116. The van der Waals surface area contributed by atoms with Gasteiger partial charge in [-0.1, -0.05) is 37.3 Å². The molecule has 0 aliphatic rings. The van der Waals surface area contributed by atoms with Crippen LogP contribution >= 0.6 is 11.3 Å². The Labute approximate surface area is 117 Å². The molecule has 3 nitrogen and oxygen atoms in total. The highest BCUT2D eigenvalue weighted by atomic mass is 32.1. The first-order chi connectivity index (χ1) is 9.35. The second kappa shape index (κ2) is 7.03. The van der Waals surface area contributed by atoms with Gasteiger partial charge < -0.3 is 5.32 Å². The molecule has 0 saturated carbocycles. The molecule has 4 heteroatoms. The Hall–Kier alpha value is -1.70. The van der Waals surface area contributed by atoms with Crippen LogP contribution in [0.25, 0.3) is 0 Å². The van der Waals surface area contributed by atoms with Crippen LogP contribution in [0.4, 0.5) is 0 Å². The van der Waals surface area contributed by atoms with Crippen molar-refractivity contribution in [3.05, 3.63) is 52.5 Å². The van der Waals surface area contributed by atoms with Gasteiger partial charge in [-0.05, 0) is 12.0 Å². The van der Waals surface area contributed by atoms with E-state index in [0.717, 1.165) is 17.0 Å². The fourth-order valence-electron chi connectivity index (χ4n) is 2.00. The molecule has 2 rings (SSSR count). The summed E-state index contributed by atoms with van der Waals surface area (Å²) >= 11 is 1.65. The van der Waals surface area contributed by atoms with Crippen molar-refractivity contribution in [2.24, 2.45) is 0 Å². The summed E-state index contributed by atoms with van der Waals surface area (Å²) in [6.45, 7) is 2.78. The summed E-state index contributed by atoms with van der Waals surface area (Å²) in [6.07, 6.45) is 2.80. The number of thiazole rings is 1. The van der Waals surface area contributed by atoms with Gasteiger partial charge in [-0.3, -0.25) is 0 Å². The predicted molar refractivity (Wildman–Crippen MR) is 77.9 cm³/mol. The summed E-state index contributed by atoms with van der Waals surface area (Å²) in [4.78, 5) is 4.34. The first-order valence-electron chi connectivity index (χ1n) is 6.42. The largest absolute Gasteiger partial charge is 0.306 e. The van der Waals surface area contributed by atoms with Crippen molar-refractivity contribution < 1.29 is 0 Å². The molecule has 1 aromatic carbocycles. The van der Waals surface area contributed by atoms with E-state index >= 15 is 0 Å². The zero-order valence-electron chi connectivity index (χ0n) is 10.9. The lowest BCUT2D eigenvalue weighted by Crippen LogP contribution is -2.25. The van der Waals surface area contributed by atoms with Gasteiger partial charge in [0.2, 0.25) is 0 Å². The van der Waals surface area contributed by atoms with Gasteiger partial charge in [0, 0.05) is 18.1 Å². The number of hydrogen-bond donors (Lipinski definition) is 1. The third kappa shape index (κ3) is 3.63. The van der Waals surface area contributed by atoms with E-state index < -0.39 is 0 Å². The van der Waals surface area contributed by atoms with Gasteiger partial charge in [-0.2, -0.15) is 5.26 Å². The zero-order chi connectivity index (χ0) is 13.5. The van der Waals surface area contributed by atoms with Crippen molar-refractivity contribution in [1.82, 2.24) is 10.3 Å². The summed E-state index contributed by atoms with van der Waals surface area (Å²) in [6, 6.07) is 12.5. The smallest absolute Gasteiger partial charge is 0.109 e. The van der Waals surface area contributed by atoms with Crippen molar-refractivity contribution in [3.8, 4) is 6.07 Å². The van der Waals surface area contributed by atoms with Crippen LogP contribution in [0.1, 0.15) is 35.9 Å². The maximum Gasteiger partial charge on any atom is 0.109 e. The molecule has 0 aliphatic carbocycles. The van der Waals surface area contributed by atoms with Gasteiger partial charge in [-0.25, -0.2) is 4.98 Å². The molecule has 1 aromatic heterocycles. The van der Waals surface area contributed by atoms with Crippen LogP contribution in [0.2, 0.25) is 0 Å². The Bertz CT molecular complexity index is 516. The number of nitriles is 1. The second-order valence-electron chi connectivity index (χ2n) is 4.33. The van der Waals surface area contributed by atoms with Crippen LogP contribution < -0.4 is 5.32 Å². The molecular weight excluding hydrogens is 254 g/mol. The minimum Gasteiger partial charge on any atom is -0.306 e. The average Bonchev–Trinajstić information content (AvgIpc) is 2.99. The average molecular weight is 271 g/mol. The lowest BCUT2D eigenvalue weighted by Gasteiger charge is -2.17. The number of benzene rings is 1. The van der Waals surface area contributed by atoms with Gasteiger partial charge >= 0.3 is 0 Å². The highest BCUT2D eigenvalue weighted by molar-refractivity contribution is 7.09. The predicted octanol–water partition coefficient (Wildman–Crippen LogP) is 3.49. The van der Waals surface area contributed by atoms with Crippen molar-refractivity contribution >= 4 is 11.3 Å². The lowest BCUT2D eigenvalue weighted by molar-refractivity contribution is 0.507. The van der Waals surface area contributed by atoms with Crippen molar-refractivity contribution in [3.63, 3.8) is 0 Å². The van der Waals surface area contributed by atoms with Crippen LogP contribution in [0, 0.1) is 11.3 Å². The molecule has 0 aliphatic heterocycles. The summed E-state index contributed by atoms with van der Waals surface area (Å²) in [5.74, 6) is -0.116. The van der Waals surface area contributed by atoms with E-state index in [2.05, 4.69) is 23.3 Å². The monoisotopic (exact) mass is 271 g/mol. The zero-order valence-corrected chi connectivity index (χ0v) is 11.7. The van der Waals surface area contributed by atoms with Gasteiger partial charge in [0.1, 0.15) is 5.01 Å². The third-order valence-electron chi connectivity index (χ3n) is 3.08. The summed E-state index contributed by atoms with van der Waals surface area (Å²) in [5, 5.41) is 15.8. The molecule has 98 valence electrons. The number of hydrogen-bond acceptors (Lipinski definition) is 4. The van der Waals surface area contributed by atoms with Crippen molar-refractivity contribution in [2.75, 3.05) is 6.54 Å². The molecule has 0 spiro atoms. The van der Waals surface area contributed by atoms with Crippen molar-refractivity contribution in [1.29, 1.82) is 5.26 Å². The Balaban J connectivity index is 1.98. The Morgan fingerprint density at radius 1 is 1.37 bits per heavy atom. The van der Waals surface area contributed by atoms with E-state index in [0.29, 0.717) is 6.54 Å². The number of rotatable bonds is 6. The molecular formula is C15H17N3S. The molecule has 0 amide bonds. The molecule has 2 aromatic rings. The van der Waals surface area contributed by atoms with Crippen LogP contribution in [0.3, 0.4) is 0 Å². The molecule has 0 bridgehead atoms. The van der Waals surface area contributed by atoms with Gasteiger partial charge in [0.05, 0.1) is 18.0 Å². The first kappa shape index (κ1) is 13.7. The molecule has 1 heterocycles. The number of aromatic nitrogens is 1. The summed E-state index contributed by atoms with van der Waals surface area (Å²) in [7, 11) is 0. The maximum absolute atomic E-state index is 9.29. The highest BCUT2D eigenvalue weighted by Gasteiger charge is 2.15. The fourth-order valence-corrected chi connectivity index (χ4v) is 2.79. The van der Waals surface area contributed by atoms with Crippen LogP contribution in [-0.2, 0) is 0 Å². The normalized spacial score (nSPS) is 13.7. The molecule has 0 radical (unpaired) electrons. The van der Waals surface area contributed by atoms with Gasteiger partial charge in [0.15, 0.2) is 0 Å². The minimum atomic E-state index is -0.116. The second-order valence-corrected chi connectivity index (χ2v) is 5.26. The SMILES string of the molecule is CCC(NCC(C#N)c1ccccc1)c1nccs1. The number of nitrogens with zero attached hydrogens (tertiary/aromatic N) is 2. The van der Waals surface area contributed by atoms with Crippen LogP contribution in [0.15, 0.2) is 41.9 Å². The highest BCUT2D eigenvalue weighted by Crippen LogP contribution is 2.20. The molecule has 1 N–H and O–H groups in total. The van der Waals surface area contributed by atoms with E-state index in [4.69, 9.17) is 0 Å². The van der Waals surface area contributed by atoms with E-state index in [1.807, 2.05) is 41.9 Å². The summed E-state index contributed by atoms with van der Waals surface area (Å²) in [5.41, 5.74) is 1.06. The van der Waals surface area contributed by atoms with E-state index in [9.17, 15) is 5.26 Å². The van der Waals surface area contributed by atoms with Crippen LogP contribution in [0.5, 0.6) is 0 Å². The molecule has 0 saturated heterocycles. The molecule has 19 heavy (non-hydrogen) atoms. The Morgan fingerprint density at radius 3 is 2.74 bits per heavy atom. The third-order valence-corrected chi connectivity index (χ3v) is 3.97. The lowest BCUT2D eigenvalue weighted by atomic mass is 10.0. The molecule has 0 fully saturated rings. The quantitative estimate of drug-likeness (QED) is 0.875. The van der Waals surface area contributed by atoms with Crippen LogP contribution in [-0.4, -0.2) is 11.5 Å².